The van der Waals surface area contributed by atoms with Crippen molar-refractivity contribution in [3.05, 3.63) is 22.1 Å². The monoisotopic (exact) mass is 252 g/mol. The number of aryl methyl sites for hydroxylation is 1. The standard InChI is InChI=1S/C11H16N4OS/c1-3-4-8-5-9(16)15-10(14-8)17-7-11(2,13)6-12/h5H,3-4,7,13H2,1-2H3,(H,14,15,16). The van der Waals surface area contributed by atoms with E-state index in [4.69, 9.17) is 11.0 Å². The minimum absolute atomic E-state index is 0.165. The summed E-state index contributed by atoms with van der Waals surface area (Å²) in [7, 11) is 0. The van der Waals surface area contributed by atoms with Gasteiger partial charge in [0.2, 0.25) is 0 Å². The van der Waals surface area contributed by atoms with E-state index in [0.29, 0.717) is 10.9 Å². The van der Waals surface area contributed by atoms with Crippen LogP contribution < -0.4 is 11.3 Å². The van der Waals surface area contributed by atoms with Gasteiger partial charge in [-0.1, -0.05) is 25.1 Å². The number of nitrogens with two attached hydrogens (primary N) is 1. The number of hydrogen-bond donors (Lipinski definition) is 2. The number of aromatic nitrogens is 2. The second-order valence-corrected chi connectivity index (χ2v) is 5.07. The van der Waals surface area contributed by atoms with Gasteiger partial charge in [-0.05, 0) is 13.3 Å². The number of hydrogen-bond acceptors (Lipinski definition) is 5. The maximum absolute atomic E-state index is 11.4. The average Bonchev–Trinajstić information content (AvgIpc) is 2.26. The van der Waals surface area contributed by atoms with Gasteiger partial charge in [-0.25, -0.2) is 4.98 Å². The third-order valence-electron chi connectivity index (χ3n) is 2.04. The van der Waals surface area contributed by atoms with Crippen molar-refractivity contribution < 1.29 is 0 Å². The molecule has 6 heteroatoms. The molecule has 17 heavy (non-hydrogen) atoms. The highest BCUT2D eigenvalue weighted by Gasteiger charge is 2.18. The Balaban J connectivity index is 2.78. The van der Waals surface area contributed by atoms with Gasteiger partial charge in [-0.3, -0.25) is 4.79 Å². The average molecular weight is 252 g/mol. The van der Waals surface area contributed by atoms with Crippen LogP contribution in [0.2, 0.25) is 0 Å². The molecule has 1 heterocycles. The smallest absolute Gasteiger partial charge is 0.251 e. The normalized spacial score (nSPS) is 14.0. The van der Waals surface area contributed by atoms with Crippen LogP contribution in [0.25, 0.3) is 0 Å². The summed E-state index contributed by atoms with van der Waals surface area (Å²) < 4.78 is 0. The third kappa shape index (κ3) is 4.59. The van der Waals surface area contributed by atoms with Crippen molar-refractivity contribution in [3.63, 3.8) is 0 Å². The fourth-order valence-electron chi connectivity index (χ4n) is 1.19. The van der Waals surface area contributed by atoms with Crippen LogP contribution in [-0.4, -0.2) is 21.3 Å². The molecule has 1 aromatic rings. The topological polar surface area (TPSA) is 95.6 Å². The molecule has 0 fully saturated rings. The zero-order chi connectivity index (χ0) is 12.9. The Labute approximate surface area is 104 Å². The van der Waals surface area contributed by atoms with E-state index in [2.05, 4.69) is 9.97 Å². The first-order chi connectivity index (χ1) is 7.96. The van der Waals surface area contributed by atoms with Crippen molar-refractivity contribution in [2.24, 2.45) is 5.73 Å². The summed E-state index contributed by atoms with van der Waals surface area (Å²) in [6.07, 6.45) is 1.71. The van der Waals surface area contributed by atoms with Crippen LogP contribution in [0, 0.1) is 11.3 Å². The fourth-order valence-corrected chi connectivity index (χ4v) is 2.04. The first-order valence-electron chi connectivity index (χ1n) is 5.40. The van der Waals surface area contributed by atoms with Gasteiger partial charge in [-0.15, -0.1) is 0 Å². The van der Waals surface area contributed by atoms with Crippen molar-refractivity contribution in [1.82, 2.24) is 9.97 Å². The Bertz CT molecular complexity index is 475. The predicted molar refractivity (Wildman–Crippen MR) is 67.8 cm³/mol. The summed E-state index contributed by atoms with van der Waals surface area (Å²) in [5, 5.41) is 9.31. The van der Waals surface area contributed by atoms with Gasteiger partial charge in [0.15, 0.2) is 5.16 Å². The molecule has 1 atom stereocenters. The Morgan fingerprint density at radius 2 is 2.41 bits per heavy atom. The molecule has 0 aliphatic rings. The molecule has 0 bridgehead atoms. The largest absolute Gasteiger partial charge is 0.313 e. The minimum Gasteiger partial charge on any atom is -0.313 e. The van der Waals surface area contributed by atoms with Crippen LogP contribution in [0.1, 0.15) is 26.0 Å². The molecular formula is C11H16N4OS. The third-order valence-corrected chi connectivity index (χ3v) is 3.25. The summed E-state index contributed by atoms with van der Waals surface area (Å²) in [5.74, 6) is 0.391. The fraction of sp³-hybridized carbons (Fsp3) is 0.545. The van der Waals surface area contributed by atoms with Gasteiger partial charge >= 0.3 is 0 Å². The second kappa shape index (κ2) is 5.84. The van der Waals surface area contributed by atoms with Gasteiger partial charge in [0, 0.05) is 17.5 Å². The highest BCUT2D eigenvalue weighted by atomic mass is 32.2. The molecule has 0 saturated heterocycles. The highest BCUT2D eigenvalue weighted by Crippen LogP contribution is 2.16. The van der Waals surface area contributed by atoms with Crippen molar-refractivity contribution in [1.29, 1.82) is 5.26 Å². The highest BCUT2D eigenvalue weighted by molar-refractivity contribution is 7.99. The van der Waals surface area contributed by atoms with Crippen LogP contribution in [0.4, 0.5) is 0 Å². The SMILES string of the molecule is CCCc1cc(=O)[nH]c(SCC(C)(N)C#N)n1. The van der Waals surface area contributed by atoms with Crippen molar-refractivity contribution >= 4 is 11.8 Å². The summed E-state index contributed by atoms with van der Waals surface area (Å²) in [5.41, 5.74) is 5.39. The summed E-state index contributed by atoms with van der Waals surface area (Å²) in [6.45, 7) is 3.68. The molecule has 0 amide bonds. The molecule has 0 spiro atoms. The van der Waals surface area contributed by atoms with E-state index in [1.54, 1.807) is 6.92 Å². The van der Waals surface area contributed by atoms with Crippen molar-refractivity contribution in [3.8, 4) is 6.07 Å². The number of nitrogens with zero attached hydrogens (tertiary/aromatic N) is 2. The number of aromatic amines is 1. The lowest BCUT2D eigenvalue weighted by atomic mass is 10.1. The molecule has 1 rings (SSSR count). The molecular weight excluding hydrogens is 236 g/mol. The number of thioether (sulfide) groups is 1. The Morgan fingerprint density at radius 3 is 3.00 bits per heavy atom. The minimum atomic E-state index is -0.913. The first kappa shape index (κ1) is 13.7. The summed E-state index contributed by atoms with van der Waals surface area (Å²) in [6, 6.07) is 3.50. The Hall–Kier alpha value is -1.32. The van der Waals surface area contributed by atoms with E-state index in [0.717, 1.165) is 18.5 Å². The number of nitriles is 1. The van der Waals surface area contributed by atoms with Gasteiger partial charge in [0.05, 0.1) is 6.07 Å². The van der Waals surface area contributed by atoms with Gasteiger partial charge in [0.1, 0.15) is 5.54 Å². The summed E-state index contributed by atoms with van der Waals surface area (Å²) in [4.78, 5) is 18.3. The van der Waals surface area contributed by atoms with Crippen LogP contribution in [0.5, 0.6) is 0 Å². The summed E-state index contributed by atoms with van der Waals surface area (Å²) >= 11 is 1.29. The lowest BCUT2D eigenvalue weighted by Gasteiger charge is -2.13. The molecule has 0 radical (unpaired) electrons. The maximum Gasteiger partial charge on any atom is 0.251 e. The molecule has 3 N–H and O–H groups in total. The molecule has 0 aliphatic heterocycles. The number of H-pyrrole nitrogens is 1. The van der Waals surface area contributed by atoms with Crippen molar-refractivity contribution in [2.45, 2.75) is 37.4 Å². The van der Waals surface area contributed by atoms with E-state index in [1.165, 1.54) is 17.8 Å². The van der Waals surface area contributed by atoms with E-state index in [9.17, 15) is 4.79 Å². The zero-order valence-corrected chi connectivity index (χ0v) is 10.8. The molecule has 1 aromatic heterocycles. The Morgan fingerprint density at radius 1 is 1.71 bits per heavy atom. The Kier molecular flexibility index (Phi) is 4.73. The van der Waals surface area contributed by atoms with E-state index in [1.807, 2.05) is 13.0 Å². The lowest BCUT2D eigenvalue weighted by Crippen LogP contribution is -2.37. The van der Waals surface area contributed by atoms with Crippen LogP contribution in [0.15, 0.2) is 16.0 Å². The molecule has 5 nitrogen and oxygen atoms in total. The van der Waals surface area contributed by atoms with E-state index in [-0.39, 0.29) is 5.56 Å². The van der Waals surface area contributed by atoms with Crippen molar-refractivity contribution in [2.75, 3.05) is 5.75 Å². The molecule has 0 aliphatic carbocycles. The van der Waals surface area contributed by atoms with Crippen LogP contribution >= 0.6 is 11.8 Å². The quantitative estimate of drug-likeness (QED) is 0.603. The van der Waals surface area contributed by atoms with E-state index >= 15 is 0 Å². The van der Waals surface area contributed by atoms with Gasteiger partial charge < -0.3 is 10.7 Å². The zero-order valence-electron chi connectivity index (χ0n) is 9.99. The second-order valence-electron chi connectivity index (χ2n) is 4.11. The molecule has 92 valence electrons. The van der Waals surface area contributed by atoms with Gasteiger partial charge in [0.25, 0.3) is 5.56 Å². The van der Waals surface area contributed by atoms with Crippen LogP contribution in [0.3, 0.4) is 0 Å². The first-order valence-corrected chi connectivity index (χ1v) is 6.38. The van der Waals surface area contributed by atoms with Crippen LogP contribution in [-0.2, 0) is 6.42 Å². The molecule has 0 saturated carbocycles. The lowest BCUT2D eigenvalue weighted by molar-refractivity contribution is 0.680. The number of nitrogens with one attached hydrogen (secondary N) is 1. The maximum atomic E-state index is 11.4. The predicted octanol–water partition coefficient (Wildman–Crippen LogP) is 1.06. The number of rotatable bonds is 5. The van der Waals surface area contributed by atoms with E-state index < -0.39 is 5.54 Å². The van der Waals surface area contributed by atoms with Gasteiger partial charge in [-0.2, -0.15) is 5.26 Å². The molecule has 0 aromatic carbocycles. The molecule has 1 unspecified atom stereocenters.